The molecule has 0 aromatic carbocycles. The molecular formula is C9H7N3O3. The van der Waals surface area contributed by atoms with Crippen LogP contribution in [-0.4, -0.2) is 34.9 Å². The number of carbonyl (C=O) groups excluding carboxylic acids is 2. The molecule has 0 aliphatic heterocycles. The van der Waals surface area contributed by atoms with E-state index in [1.165, 1.54) is 25.4 Å². The highest BCUT2D eigenvalue weighted by Gasteiger charge is 2.19. The van der Waals surface area contributed by atoms with Crippen molar-refractivity contribution in [3.05, 3.63) is 35.1 Å². The maximum Gasteiger partial charge on any atom is 0.340 e. The molecule has 0 aliphatic rings. The van der Waals surface area contributed by atoms with Crippen molar-refractivity contribution in [3.63, 3.8) is 0 Å². The lowest BCUT2D eigenvalue weighted by atomic mass is 10.1. The Morgan fingerprint density at radius 3 is 2.93 bits per heavy atom. The summed E-state index contributed by atoms with van der Waals surface area (Å²) in [5, 5.41) is 0. The Kier molecular flexibility index (Phi) is 3.43. The number of hydrogen-bond acceptors (Lipinski definition) is 4. The monoisotopic (exact) mass is 205 g/mol. The van der Waals surface area contributed by atoms with Crippen LogP contribution in [0.1, 0.15) is 20.8 Å². The molecule has 0 radical (unpaired) electrons. The molecule has 1 rings (SSSR count). The first-order valence-electron chi connectivity index (χ1n) is 3.95. The van der Waals surface area contributed by atoms with Crippen LogP contribution in [0.3, 0.4) is 0 Å². The number of carbonyl (C=O) groups is 2. The topological polar surface area (TPSA) is 92.7 Å². The summed E-state index contributed by atoms with van der Waals surface area (Å²) in [6.45, 7) is 0. The van der Waals surface area contributed by atoms with Crippen LogP contribution in [-0.2, 0) is 4.74 Å². The minimum Gasteiger partial charge on any atom is -0.465 e. The van der Waals surface area contributed by atoms with E-state index < -0.39 is 11.8 Å². The molecule has 6 nitrogen and oxygen atoms in total. The summed E-state index contributed by atoms with van der Waals surface area (Å²) < 4.78 is 4.47. The number of nitrogens with zero attached hydrogens (tertiary/aromatic N) is 3. The van der Waals surface area contributed by atoms with Crippen LogP contribution in [0, 0.1) is 0 Å². The summed E-state index contributed by atoms with van der Waals surface area (Å²) in [5.74, 6) is -1.34. The van der Waals surface area contributed by atoms with Crippen LogP contribution in [0.4, 0.5) is 0 Å². The molecule has 1 heterocycles. The first-order chi connectivity index (χ1) is 7.20. The summed E-state index contributed by atoms with van der Waals surface area (Å²) in [5.41, 5.74) is 8.11. The molecule has 0 atom stereocenters. The number of Topliss-reactive ketones (excluding diaryl/α,β-unsaturated/α-hetero) is 1. The Bertz CT molecular complexity index is 450. The second kappa shape index (κ2) is 4.78. The van der Waals surface area contributed by atoms with Gasteiger partial charge in [0, 0.05) is 6.20 Å². The number of ether oxygens (including phenoxy) is 1. The van der Waals surface area contributed by atoms with E-state index >= 15 is 0 Å². The Hall–Kier alpha value is -2.33. The molecular weight excluding hydrogens is 198 g/mol. The van der Waals surface area contributed by atoms with E-state index in [2.05, 4.69) is 14.5 Å². The van der Waals surface area contributed by atoms with Gasteiger partial charge < -0.3 is 10.3 Å². The van der Waals surface area contributed by atoms with Gasteiger partial charge in [-0.15, -0.1) is 0 Å². The van der Waals surface area contributed by atoms with Gasteiger partial charge in [0.05, 0.1) is 12.7 Å². The van der Waals surface area contributed by atoms with E-state index in [-0.39, 0.29) is 11.3 Å². The fraction of sp³-hybridized carbons (Fsp3) is 0.111. The maximum absolute atomic E-state index is 11.3. The molecule has 6 heteroatoms. The van der Waals surface area contributed by atoms with Gasteiger partial charge in [-0.2, -0.15) is 4.79 Å². The largest absolute Gasteiger partial charge is 0.465 e. The highest BCUT2D eigenvalue weighted by molar-refractivity contribution is 6.34. The Labute approximate surface area is 85.1 Å². The third kappa shape index (κ3) is 2.32. The van der Waals surface area contributed by atoms with Crippen LogP contribution in [0.2, 0.25) is 0 Å². The second-order valence-corrected chi connectivity index (χ2v) is 2.50. The quantitative estimate of drug-likeness (QED) is 0.234. The van der Waals surface area contributed by atoms with Crippen LogP contribution in [0.5, 0.6) is 0 Å². The van der Waals surface area contributed by atoms with Crippen molar-refractivity contribution in [2.75, 3.05) is 7.11 Å². The molecule has 0 fully saturated rings. The van der Waals surface area contributed by atoms with Crippen LogP contribution in [0.25, 0.3) is 5.53 Å². The molecule has 0 saturated heterocycles. The smallest absolute Gasteiger partial charge is 0.340 e. The van der Waals surface area contributed by atoms with Crippen molar-refractivity contribution < 1.29 is 19.1 Å². The van der Waals surface area contributed by atoms with Gasteiger partial charge in [0.25, 0.3) is 5.78 Å². The molecule has 0 N–H and O–H groups in total. The van der Waals surface area contributed by atoms with E-state index in [0.717, 1.165) is 0 Å². The van der Waals surface area contributed by atoms with Crippen LogP contribution < -0.4 is 0 Å². The predicted octanol–water partition coefficient (Wildman–Crippen LogP) is 0.351. The molecule has 0 bridgehead atoms. The summed E-state index contributed by atoms with van der Waals surface area (Å²) in [6, 6.07) is 2.90. The van der Waals surface area contributed by atoms with Crippen molar-refractivity contribution in [1.29, 1.82) is 0 Å². The summed E-state index contributed by atoms with van der Waals surface area (Å²) in [7, 11) is 1.20. The lowest BCUT2D eigenvalue weighted by Gasteiger charge is -2.01. The van der Waals surface area contributed by atoms with Crippen molar-refractivity contribution in [2.45, 2.75) is 0 Å². The predicted molar refractivity (Wildman–Crippen MR) is 49.6 cm³/mol. The van der Waals surface area contributed by atoms with E-state index in [4.69, 9.17) is 5.53 Å². The second-order valence-electron chi connectivity index (χ2n) is 2.50. The molecule has 0 unspecified atom stereocenters. The van der Waals surface area contributed by atoms with Gasteiger partial charge in [0.2, 0.25) is 0 Å². The zero-order chi connectivity index (χ0) is 11.3. The average molecular weight is 205 g/mol. The number of pyridine rings is 1. The molecule has 0 spiro atoms. The number of aromatic nitrogens is 1. The van der Waals surface area contributed by atoms with Gasteiger partial charge in [-0.25, -0.2) is 4.79 Å². The fourth-order valence-corrected chi connectivity index (χ4v) is 0.990. The lowest BCUT2D eigenvalue weighted by molar-refractivity contribution is 0.00229. The third-order valence-electron chi connectivity index (χ3n) is 1.62. The minimum atomic E-state index is -0.669. The van der Waals surface area contributed by atoms with Gasteiger partial charge in [-0.1, -0.05) is 0 Å². The van der Waals surface area contributed by atoms with Crippen molar-refractivity contribution >= 4 is 18.0 Å². The van der Waals surface area contributed by atoms with Crippen molar-refractivity contribution in [1.82, 2.24) is 4.98 Å². The van der Waals surface area contributed by atoms with Gasteiger partial charge in [-0.05, 0) is 12.1 Å². The Morgan fingerprint density at radius 1 is 1.60 bits per heavy atom. The highest BCUT2D eigenvalue weighted by atomic mass is 16.5. The number of hydrogen-bond donors (Lipinski definition) is 0. The fourth-order valence-electron chi connectivity index (χ4n) is 0.990. The molecule has 76 valence electrons. The molecule has 0 saturated carbocycles. The third-order valence-corrected chi connectivity index (χ3v) is 1.62. The number of rotatable bonds is 3. The van der Waals surface area contributed by atoms with Gasteiger partial charge in [0.1, 0.15) is 5.69 Å². The summed E-state index contributed by atoms with van der Waals surface area (Å²) in [4.78, 5) is 28.8. The molecule has 1 aromatic rings. The first-order valence-corrected chi connectivity index (χ1v) is 3.95. The van der Waals surface area contributed by atoms with Gasteiger partial charge in [0.15, 0.2) is 0 Å². The highest BCUT2D eigenvalue weighted by Crippen LogP contribution is 2.06. The molecule has 15 heavy (non-hydrogen) atoms. The Morgan fingerprint density at radius 2 is 2.33 bits per heavy atom. The molecule has 0 amide bonds. The zero-order valence-corrected chi connectivity index (χ0v) is 7.88. The maximum atomic E-state index is 11.3. The normalized spacial score (nSPS) is 8.87. The van der Waals surface area contributed by atoms with Crippen molar-refractivity contribution in [2.24, 2.45) is 0 Å². The zero-order valence-electron chi connectivity index (χ0n) is 7.88. The lowest BCUT2D eigenvalue weighted by Crippen LogP contribution is -2.13. The number of ketones is 1. The van der Waals surface area contributed by atoms with Crippen LogP contribution in [0.15, 0.2) is 18.3 Å². The molecule has 1 aromatic heterocycles. The van der Waals surface area contributed by atoms with Crippen molar-refractivity contribution in [3.8, 4) is 0 Å². The summed E-state index contributed by atoms with van der Waals surface area (Å²) >= 11 is 0. The molecule has 0 aliphatic carbocycles. The number of esters is 1. The van der Waals surface area contributed by atoms with Gasteiger partial charge >= 0.3 is 12.2 Å². The SMILES string of the molecule is COC(=O)c1cccnc1C(=O)C=[N+]=[N-]. The van der Waals surface area contributed by atoms with E-state index in [9.17, 15) is 9.59 Å². The van der Waals surface area contributed by atoms with E-state index in [1.807, 2.05) is 0 Å². The standard InChI is InChI=1S/C9H7N3O3/c1-15-9(14)6-3-2-4-11-8(6)7(13)5-12-10/h2-5H,1H3. The van der Waals surface area contributed by atoms with Crippen LogP contribution >= 0.6 is 0 Å². The van der Waals surface area contributed by atoms with Gasteiger partial charge in [-0.3, -0.25) is 9.78 Å². The Balaban J connectivity index is 3.23. The first kappa shape index (κ1) is 10.7. The van der Waals surface area contributed by atoms with E-state index in [1.54, 1.807) is 0 Å². The minimum absolute atomic E-state index is 0.0323. The number of methoxy groups -OCH3 is 1. The average Bonchev–Trinajstić information content (AvgIpc) is 2.28. The van der Waals surface area contributed by atoms with E-state index in [0.29, 0.717) is 6.21 Å². The summed E-state index contributed by atoms with van der Waals surface area (Å²) in [6.07, 6.45) is 2.01.